The molecule has 39 heavy (non-hydrogen) atoms. The number of halogens is 2. The Morgan fingerprint density at radius 3 is 2.26 bits per heavy atom. The van der Waals surface area contributed by atoms with Crippen molar-refractivity contribution in [2.24, 2.45) is 0 Å². The molecule has 208 valence electrons. The standard InChI is InChI=1S/C28H31ClFN3O5S/c1-19(2)31-28(35)20(3)32(17-21-10-8-9-13-24(21)30)27(34)18-33(25-16-22(29)14-15-26(25)38-4)39(36,37)23-11-6-5-7-12-23/h5-16,19-20H,17-18H2,1-4H3,(H,31,35)/t20-/m0/s1. The molecular formula is C28H31ClFN3O5S. The highest BCUT2D eigenvalue weighted by molar-refractivity contribution is 7.92. The topological polar surface area (TPSA) is 96.0 Å². The summed E-state index contributed by atoms with van der Waals surface area (Å²) in [5, 5.41) is 2.97. The average molecular weight is 576 g/mol. The van der Waals surface area contributed by atoms with Gasteiger partial charge in [0.1, 0.15) is 24.2 Å². The minimum atomic E-state index is -4.31. The molecule has 0 radical (unpaired) electrons. The van der Waals surface area contributed by atoms with E-state index < -0.39 is 40.2 Å². The highest BCUT2D eigenvalue weighted by atomic mass is 35.5. The molecule has 1 atom stereocenters. The van der Waals surface area contributed by atoms with Crippen LogP contribution in [0, 0.1) is 5.82 Å². The summed E-state index contributed by atoms with van der Waals surface area (Å²) >= 11 is 6.21. The Hall–Kier alpha value is -3.63. The summed E-state index contributed by atoms with van der Waals surface area (Å²) in [6, 6.07) is 16.6. The van der Waals surface area contributed by atoms with E-state index in [4.69, 9.17) is 16.3 Å². The lowest BCUT2D eigenvalue weighted by molar-refractivity contribution is -0.139. The SMILES string of the molecule is COc1ccc(Cl)cc1N(CC(=O)N(Cc1ccccc1F)[C@@H](C)C(=O)NC(C)C)S(=O)(=O)c1ccccc1. The molecule has 11 heteroatoms. The minimum absolute atomic E-state index is 0.0346. The second kappa shape index (κ2) is 12.9. The van der Waals surface area contributed by atoms with Crippen LogP contribution in [0.25, 0.3) is 0 Å². The number of methoxy groups -OCH3 is 1. The predicted molar refractivity (Wildman–Crippen MR) is 149 cm³/mol. The lowest BCUT2D eigenvalue weighted by atomic mass is 10.1. The molecule has 3 rings (SSSR count). The van der Waals surface area contributed by atoms with Gasteiger partial charge in [0.05, 0.1) is 17.7 Å². The molecule has 0 spiro atoms. The minimum Gasteiger partial charge on any atom is -0.495 e. The fraction of sp³-hybridized carbons (Fsp3) is 0.286. The van der Waals surface area contributed by atoms with E-state index in [1.165, 1.54) is 62.6 Å². The number of amides is 2. The summed E-state index contributed by atoms with van der Waals surface area (Å²) in [6.45, 7) is 4.08. The molecule has 0 saturated carbocycles. The summed E-state index contributed by atoms with van der Waals surface area (Å²) in [4.78, 5) is 27.9. The van der Waals surface area contributed by atoms with Crippen LogP contribution in [0.15, 0.2) is 77.7 Å². The Labute approximate surface area is 233 Å². The number of ether oxygens (including phenoxy) is 1. The maximum atomic E-state index is 14.6. The molecule has 8 nitrogen and oxygen atoms in total. The molecule has 0 aromatic heterocycles. The van der Waals surface area contributed by atoms with Crippen molar-refractivity contribution in [2.75, 3.05) is 18.0 Å². The molecule has 0 heterocycles. The third kappa shape index (κ3) is 7.27. The van der Waals surface area contributed by atoms with Crippen LogP contribution in [0.3, 0.4) is 0 Å². The van der Waals surface area contributed by atoms with Crippen molar-refractivity contribution in [1.82, 2.24) is 10.2 Å². The van der Waals surface area contributed by atoms with Crippen LogP contribution < -0.4 is 14.4 Å². The van der Waals surface area contributed by atoms with E-state index in [2.05, 4.69) is 5.32 Å². The van der Waals surface area contributed by atoms with E-state index in [1.807, 2.05) is 0 Å². The van der Waals surface area contributed by atoms with Gasteiger partial charge in [-0.05, 0) is 57.2 Å². The van der Waals surface area contributed by atoms with Crippen molar-refractivity contribution in [3.63, 3.8) is 0 Å². The Kier molecular flexibility index (Phi) is 9.93. The number of anilines is 1. The zero-order chi connectivity index (χ0) is 28.7. The first-order valence-electron chi connectivity index (χ1n) is 12.2. The van der Waals surface area contributed by atoms with Crippen LogP contribution in [-0.2, 0) is 26.2 Å². The fourth-order valence-corrected chi connectivity index (χ4v) is 5.49. The Bertz CT molecular complexity index is 1420. The number of nitrogens with one attached hydrogen (secondary N) is 1. The maximum absolute atomic E-state index is 14.6. The molecule has 2 amide bonds. The Balaban J connectivity index is 2.10. The number of sulfonamides is 1. The first kappa shape index (κ1) is 29.9. The van der Waals surface area contributed by atoms with Crippen LogP contribution in [0.5, 0.6) is 5.75 Å². The van der Waals surface area contributed by atoms with E-state index in [1.54, 1.807) is 38.1 Å². The van der Waals surface area contributed by atoms with Crippen LogP contribution in [0.1, 0.15) is 26.3 Å². The van der Waals surface area contributed by atoms with Gasteiger partial charge in [-0.2, -0.15) is 0 Å². The Morgan fingerprint density at radius 1 is 1.00 bits per heavy atom. The van der Waals surface area contributed by atoms with Crippen molar-refractivity contribution in [1.29, 1.82) is 0 Å². The molecule has 3 aromatic rings. The van der Waals surface area contributed by atoms with E-state index in [9.17, 15) is 22.4 Å². The maximum Gasteiger partial charge on any atom is 0.264 e. The zero-order valence-electron chi connectivity index (χ0n) is 22.1. The quantitative estimate of drug-likeness (QED) is 0.360. The van der Waals surface area contributed by atoms with Gasteiger partial charge in [0, 0.05) is 23.2 Å². The number of benzene rings is 3. The normalized spacial score (nSPS) is 12.1. The van der Waals surface area contributed by atoms with Gasteiger partial charge >= 0.3 is 0 Å². The summed E-state index contributed by atoms with van der Waals surface area (Å²) in [5.41, 5.74) is 0.208. The third-order valence-corrected chi connectivity index (χ3v) is 7.93. The van der Waals surface area contributed by atoms with Crippen LogP contribution in [-0.4, -0.2) is 50.9 Å². The first-order chi connectivity index (χ1) is 18.4. The molecular weight excluding hydrogens is 545 g/mol. The zero-order valence-corrected chi connectivity index (χ0v) is 23.7. The van der Waals surface area contributed by atoms with Gasteiger partial charge in [-0.25, -0.2) is 12.8 Å². The molecule has 3 aromatic carbocycles. The monoisotopic (exact) mass is 575 g/mol. The number of nitrogens with zero attached hydrogens (tertiary/aromatic N) is 2. The van der Waals surface area contributed by atoms with Gasteiger partial charge in [0.15, 0.2) is 0 Å². The van der Waals surface area contributed by atoms with Crippen LogP contribution in [0.2, 0.25) is 5.02 Å². The summed E-state index contributed by atoms with van der Waals surface area (Å²) < 4.78 is 48.6. The van der Waals surface area contributed by atoms with E-state index in [-0.39, 0.29) is 39.5 Å². The molecule has 0 bridgehead atoms. The smallest absolute Gasteiger partial charge is 0.264 e. The van der Waals surface area contributed by atoms with Crippen molar-refractivity contribution >= 4 is 39.1 Å². The number of carbonyl (C=O) groups excluding carboxylic acids is 2. The predicted octanol–water partition coefficient (Wildman–Crippen LogP) is 4.62. The van der Waals surface area contributed by atoms with E-state index in [0.29, 0.717) is 0 Å². The number of rotatable bonds is 11. The van der Waals surface area contributed by atoms with Gasteiger partial charge in [-0.3, -0.25) is 13.9 Å². The fourth-order valence-electron chi connectivity index (χ4n) is 3.89. The Morgan fingerprint density at radius 2 is 1.64 bits per heavy atom. The lowest BCUT2D eigenvalue weighted by Crippen LogP contribution is -2.52. The summed E-state index contributed by atoms with van der Waals surface area (Å²) in [5.74, 6) is -1.59. The van der Waals surface area contributed by atoms with Gasteiger partial charge < -0.3 is 15.0 Å². The van der Waals surface area contributed by atoms with Gasteiger partial charge in [-0.15, -0.1) is 0 Å². The van der Waals surface area contributed by atoms with Crippen molar-refractivity contribution in [2.45, 2.75) is 44.3 Å². The molecule has 0 aliphatic carbocycles. The molecule has 0 saturated heterocycles. The number of hydrogen-bond acceptors (Lipinski definition) is 5. The van der Waals surface area contributed by atoms with Crippen LogP contribution in [0.4, 0.5) is 10.1 Å². The van der Waals surface area contributed by atoms with Gasteiger partial charge in [0.25, 0.3) is 10.0 Å². The summed E-state index contributed by atoms with van der Waals surface area (Å²) in [6.07, 6.45) is 0. The molecule has 1 N–H and O–H groups in total. The third-order valence-electron chi connectivity index (χ3n) is 5.92. The first-order valence-corrected chi connectivity index (χ1v) is 14.0. The molecule has 0 aliphatic rings. The van der Waals surface area contributed by atoms with Crippen molar-refractivity contribution < 1.29 is 27.1 Å². The highest BCUT2D eigenvalue weighted by Crippen LogP contribution is 2.35. The molecule has 0 unspecified atom stereocenters. The van der Waals surface area contributed by atoms with Crippen LogP contribution >= 0.6 is 11.6 Å². The van der Waals surface area contributed by atoms with Gasteiger partial charge in [0.2, 0.25) is 11.8 Å². The van der Waals surface area contributed by atoms with E-state index >= 15 is 0 Å². The number of hydrogen-bond donors (Lipinski definition) is 1. The summed E-state index contributed by atoms with van der Waals surface area (Å²) in [7, 11) is -2.94. The molecule has 0 aliphatic heterocycles. The highest BCUT2D eigenvalue weighted by Gasteiger charge is 2.34. The second-order valence-electron chi connectivity index (χ2n) is 9.09. The van der Waals surface area contributed by atoms with Crippen molar-refractivity contribution in [3.8, 4) is 5.75 Å². The second-order valence-corrected chi connectivity index (χ2v) is 11.4. The van der Waals surface area contributed by atoms with Gasteiger partial charge in [-0.1, -0.05) is 48.0 Å². The molecule has 0 fully saturated rings. The lowest BCUT2D eigenvalue weighted by Gasteiger charge is -2.32. The van der Waals surface area contributed by atoms with E-state index in [0.717, 1.165) is 9.21 Å². The average Bonchev–Trinajstić information content (AvgIpc) is 2.90. The van der Waals surface area contributed by atoms with Crippen molar-refractivity contribution in [3.05, 3.63) is 89.2 Å². The largest absolute Gasteiger partial charge is 0.495 e. The number of carbonyl (C=O) groups is 2.